The highest BCUT2D eigenvalue weighted by molar-refractivity contribution is 5.99. The molecule has 4 nitrogen and oxygen atoms in total. The predicted molar refractivity (Wildman–Crippen MR) is 68.2 cm³/mol. The summed E-state index contributed by atoms with van der Waals surface area (Å²) in [7, 11) is 0. The maximum atomic E-state index is 12.0. The minimum Gasteiger partial charge on any atom is -0.381 e. The summed E-state index contributed by atoms with van der Waals surface area (Å²) in [5.41, 5.74) is 1.55. The van der Waals surface area contributed by atoms with Crippen molar-refractivity contribution in [3.05, 3.63) is 29.3 Å². The fraction of sp³-hybridized carbons (Fsp3) is 0.429. The van der Waals surface area contributed by atoms with Crippen LogP contribution in [0.5, 0.6) is 0 Å². The summed E-state index contributed by atoms with van der Waals surface area (Å²) in [5.74, 6) is -0.279. The average Bonchev–Trinajstić information content (AvgIpc) is 2.64. The molecule has 18 heavy (non-hydrogen) atoms. The number of hydrogen-bond acceptors (Lipinski definition) is 3. The molecule has 1 aromatic rings. The van der Waals surface area contributed by atoms with Crippen LogP contribution in [0.2, 0.25) is 0 Å². The number of aliphatic hydroxyl groups is 1. The second-order valence-electron chi connectivity index (χ2n) is 5.66. The van der Waals surface area contributed by atoms with Crippen LogP contribution in [0.25, 0.3) is 0 Å². The van der Waals surface area contributed by atoms with Gasteiger partial charge in [-0.1, -0.05) is 32.9 Å². The minimum absolute atomic E-state index is 0.0567. The quantitative estimate of drug-likeness (QED) is 0.837. The smallest absolute Gasteiger partial charge is 0.228 e. The number of carbonyl (C=O) groups excluding carboxylic acids is 2. The van der Waals surface area contributed by atoms with Gasteiger partial charge in [-0.3, -0.25) is 9.59 Å². The molecular formula is C14H17NO3. The first-order valence-corrected chi connectivity index (χ1v) is 5.94. The van der Waals surface area contributed by atoms with Gasteiger partial charge in [-0.25, -0.2) is 0 Å². The van der Waals surface area contributed by atoms with Crippen molar-refractivity contribution in [3.63, 3.8) is 0 Å². The molecule has 0 radical (unpaired) electrons. The molecule has 1 aliphatic rings. The van der Waals surface area contributed by atoms with Crippen LogP contribution < -0.4 is 5.32 Å². The van der Waals surface area contributed by atoms with E-state index in [-0.39, 0.29) is 11.7 Å². The molecule has 1 heterocycles. The van der Waals surface area contributed by atoms with Gasteiger partial charge in [0.15, 0.2) is 5.78 Å². The zero-order valence-corrected chi connectivity index (χ0v) is 10.8. The Hall–Kier alpha value is -1.68. The largest absolute Gasteiger partial charge is 0.381 e. The van der Waals surface area contributed by atoms with Gasteiger partial charge in [0.05, 0.1) is 6.42 Å². The lowest BCUT2D eigenvalue weighted by Crippen LogP contribution is -2.26. The van der Waals surface area contributed by atoms with E-state index in [0.29, 0.717) is 12.0 Å². The number of Topliss-reactive ketones (excluding diaryl/α,β-unsaturated/α-hetero) is 1. The van der Waals surface area contributed by atoms with E-state index in [0.717, 1.165) is 11.3 Å². The van der Waals surface area contributed by atoms with Gasteiger partial charge in [0.2, 0.25) is 5.91 Å². The van der Waals surface area contributed by atoms with Crippen LogP contribution in [0, 0.1) is 5.41 Å². The van der Waals surface area contributed by atoms with Crippen molar-refractivity contribution in [2.75, 3.05) is 5.32 Å². The van der Waals surface area contributed by atoms with Crippen molar-refractivity contribution in [2.24, 2.45) is 5.41 Å². The lowest BCUT2D eigenvalue weighted by atomic mass is 9.85. The van der Waals surface area contributed by atoms with E-state index in [1.807, 2.05) is 0 Å². The molecule has 1 aliphatic heterocycles. The Morgan fingerprint density at radius 1 is 1.39 bits per heavy atom. The average molecular weight is 247 g/mol. The third-order valence-electron chi connectivity index (χ3n) is 3.06. The summed E-state index contributed by atoms with van der Waals surface area (Å²) in [4.78, 5) is 23.2. The zero-order chi connectivity index (χ0) is 13.5. The van der Waals surface area contributed by atoms with Gasteiger partial charge >= 0.3 is 0 Å². The molecule has 1 unspecified atom stereocenters. The Labute approximate surface area is 106 Å². The van der Waals surface area contributed by atoms with Crippen LogP contribution in [0.15, 0.2) is 18.2 Å². The number of ketones is 1. The number of hydrogen-bond donors (Lipinski definition) is 2. The molecule has 0 saturated heterocycles. The second-order valence-corrected chi connectivity index (χ2v) is 5.66. The minimum atomic E-state index is -1.13. The molecule has 4 heteroatoms. The van der Waals surface area contributed by atoms with Gasteiger partial charge in [0, 0.05) is 11.1 Å². The van der Waals surface area contributed by atoms with Crippen LogP contribution in [0.1, 0.15) is 38.0 Å². The summed E-state index contributed by atoms with van der Waals surface area (Å²) in [6, 6.07) is 5.13. The molecule has 2 N–H and O–H groups in total. The van der Waals surface area contributed by atoms with Gasteiger partial charge in [-0.2, -0.15) is 0 Å². The van der Waals surface area contributed by atoms with Gasteiger partial charge in [0.1, 0.15) is 6.10 Å². The van der Waals surface area contributed by atoms with Gasteiger partial charge in [-0.15, -0.1) is 0 Å². The number of amides is 1. The molecule has 96 valence electrons. The number of rotatable bonds is 2. The highest BCUT2D eigenvalue weighted by Crippen LogP contribution is 2.30. The molecule has 1 aromatic carbocycles. The summed E-state index contributed by atoms with van der Waals surface area (Å²) in [6.07, 6.45) is -0.828. The highest BCUT2D eigenvalue weighted by Gasteiger charge is 2.30. The zero-order valence-electron chi connectivity index (χ0n) is 10.8. The van der Waals surface area contributed by atoms with Crippen molar-refractivity contribution in [1.82, 2.24) is 0 Å². The predicted octanol–water partition coefficient (Wildman–Crippen LogP) is 1.83. The van der Waals surface area contributed by atoms with Crippen LogP contribution in [0.3, 0.4) is 0 Å². The molecule has 0 bridgehead atoms. The van der Waals surface area contributed by atoms with E-state index in [1.165, 1.54) is 0 Å². The van der Waals surface area contributed by atoms with E-state index in [1.54, 1.807) is 39.0 Å². The lowest BCUT2D eigenvalue weighted by Gasteiger charge is -2.21. The van der Waals surface area contributed by atoms with E-state index < -0.39 is 11.5 Å². The molecule has 0 saturated carbocycles. The Morgan fingerprint density at radius 3 is 2.67 bits per heavy atom. The first-order chi connectivity index (χ1) is 8.29. The maximum Gasteiger partial charge on any atom is 0.228 e. The number of nitrogens with one attached hydrogen (secondary N) is 1. The normalized spacial score (nSPS) is 16.1. The Morgan fingerprint density at radius 2 is 2.06 bits per heavy atom. The van der Waals surface area contributed by atoms with Crippen molar-refractivity contribution < 1.29 is 14.7 Å². The molecule has 0 aromatic heterocycles. The first-order valence-electron chi connectivity index (χ1n) is 5.94. The Balaban J connectivity index is 2.28. The topological polar surface area (TPSA) is 66.4 Å². The molecule has 1 atom stereocenters. The number of carbonyl (C=O) groups is 2. The third kappa shape index (κ3) is 2.29. The fourth-order valence-electron chi connectivity index (χ4n) is 1.98. The lowest BCUT2D eigenvalue weighted by molar-refractivity contribution is -0.135. The SMILES string of the molecule is CC(C)(C)C(=O)C(O)c1ccc2c(c1)CC(=O)N2. The van der Waals surface area contributed by atoms with Crippen LogP contribution in [0.4, 0.5) is 5.69 Å². The van der Waals surface area contributed by atoms with Crippen molar-refractivity contribution in [1.29, 1.82) is 0 Å². The van der Waals surface area contributed by atoms with Crippen LogP contribution in [-0.4, -0.2) is 16.8 Å². The first kappa shape index (κ1) is 12.8. The highest BCUT2D eigenvalue weighted by atomic mass is 16.3. The number of anilines is 1. The third-order valence-corrected chi connectivity index (χ3v) is 3.06. The monoisotopic (exact) mass is 247 g/mol. The molecule has 0 aliphatic carbocycles. The van der Waals surface area contributed by atoms with Gasteiger partial charge in [-0.05, 0) is 17.2 Å². The van der Waals surface area contributed by atoms with E-state index in [4.69, 9.17) is 0 Å². The van der Waals surface area contributed by atoms with E-state index >= 15 is 0 Å². The summed E-state index contributed by atoms with van der Waals surface area (Å²) >= 11 is 0. The molecule has 0 fully saturated rings. The van der Waals surface area contributed by atoms with E-state index in [9.17, 15) is 14.7 Å². The standard InChI is InChI=1S/C14H17NO3/c1-14(2,3)13(18)12(17)8-4-5-10-9(6-8)7-11(16)15-10/h4-6,12,17H,7H2,1-3H3,(H,15,16). The number of benzene rings is 1. The molecule has 2 rings (SSSR count). The summed E-state index contributed by atoms with van der Waals surface area (Å²) < 4.78 is 0. The second kappa shape index (κ2) is 4.21. The summed E-state index contributed by atoms with van der Waals surface area (Å²) in [5, 5.41) is 12.8. The number of aliphatic hydroxyl groups excluding tert-OH is 1. The van der Waals surface area contributed by atoms with Gasteiger partial charge < -0.3 is 10.4 Å². The van der Waals surface area contributed by atoms with Gasteiger partial charge in [0.25, 0.3) is 0 Å². The van der Waals surface area contributed by atoms with Crippen molar-refractivity contribution >= 4 is 17.4 Å². The van der Waals surface area contributed by atoms with E-state index in [2.05, 4.69) is 5.32 Å². The molecule has 0 spiro atoms. The van der Waals surface area contributed by atoms with Crippen LogP contribution >= 0.6 is 0 Å². The summed E-state index contributed by atoms with van der Waals surface area (Å²) in [6.45, 7) is 5.32. The fourth-order valence-corrected chi connectivity index (χ4v) is 1.98. The maximum absolute atomic E-state index is 12.0. The number of fused-ring (bicyclic) bond motifs is 1. The van der Waals surface area contributed by atoms with Crippen molar-refractivity contribution in [3.8, 4) is 0 Å². The van der Waals surface area contributed by atoms with Crippen LogP contribution in [-0.2, 0) is 16.0 Å². The molecule has 1 amide bonds. The Kier molecular flexibility index (Phi) is 2.99. The molecular weight excluding hydrogens is 230 g/mol. The Bertz CT molecular complexity index is 514. The van der Waals surface area contributed by atoms with Crippen molar-refractivity contribution in [2.45, 2.75) is 33.3 Å².